The number of nitrogens with one attached hydrogen (secondary N) is 1. The zero-order valence-corrected chi connectivity index (χ0v) is 11.9. The van der Waals surface area contributed by atoms with E-state index in [4.69, 9.17) is 5.26 Å². The van der Waals surface area contributed by atoms with Gasteiger partial charge in [0.2, 0.25) is 0 Å². The van der Waals surface area contributed by atoms with Gasteiger partial charge in [-0.05, 0) is 50.6 Å². The summed E-state index contributed by atoms with van der Waals surface area (Å²) in [6, 6.07) is 3.11. The normalized spacial score (nSPS) is 25.6. The van der Waals surface area contributed by atoms with Crippen molar-refractivity contribution in [2.24, 2.45) is 5.41 Å². The summed E-state index contributed by atoms with van der Waals surface area (Å²) < 4.78 is 0. The average molecular weight is 249 g/mol. The summed E-state index contributed by atoms with van der Waals surface area (Å²) >= 11 is 0. The van der Waals surface area contributed by atoms with Gasteiger partial charge in [-0.15, -0.1) is 0 Å². The first kappa shape index (κ1) is 13.8. The van der Waals surface area contributed by atoms with Gasteiger partial charge in [-0.1, -0.05) is 20.3 Å². The van der Waals surface area contributed by atoms with Crippen molar-refractivity contribution in [3.8, 4) is 6.07 Å². The first-order chi connectivity index (χ1) is 8.65. The van der Waals surface area contributed by atoms with Crippen LogP contribution in [0.25, 0.3) is 0 Å². The molecule has 2 fully saturated rings. The Labute approximate surface area is 112 Å². The second-order valence-electron chi connectivity index (χ2n) is 6.42. The van der Waals surface area contributed by atoms with Crippen LogP contribution in [0.3, 0.4) is 0 Å². The fourth-order valence-electron chi connectivity index (χ4n) is 2.70. The first-order valence-electron chi connectivity index (χ1n) is 7.53. The van der Waals surface area contributed by atoms with Crippen molar-refractivity contribution < 1.29 is 0 Å². The minimum Gasteiger partial charge on any atom is -0.303 e. The zero-order valence-electron chi connectivity index (χ0n) is 11.9. The molecule has 1 aliphatic carbocycles. The molecule has 1 saturated heterocycles. The highest BCUT2D eigenvalue weighted by Gasteiger charge is 2.29. The van der Waals surface area contributed by atoms with Crippen LogP contribution in [0.1, 0.15) is 52.4 Å². The number of hydrogen-bond acceptors (Lipinski definition) is 3. The fraction of sp³-hybridized carbons (Fsp3) is 0.933. The van der Waals surface area contributed by atoms with Gasteiger partial charge in [0, 0.05) is 12.6 Å². The van der Waals surface area contributed by atoms with Crippen LogP contribution in [0.5, 0.6) is 0 Å². The molecule has 18 heavy (non-hydrogen) atoms. The van der Waals surface area contributed by atoms with E-state index in [1.54, 1.807) is 0 Å². The Balaban J connectivity index is 1.66. The van der Waals surface area contributed by atoms with Gasteiger partial charge >= 0.3 is 0 Å². The van der Waals surface area contributed by atoms with E-state index >= 15 is 0 Å². The largest absolute Gasteiger partial charge is 0.303 e. The number of nitriles is 1. The second-order valence-corrected chi connectivity index (χ2v) is 6.42. The van der Waals surface area contributed by atoms with E-state index in [0.29, 0.717) is 11.5 Å². The zero-order chi connectivity index (χ0) is 13.0. The summed E-state index contributed by atoms with van der Waals surface area (Å²) in [6.07, 6.45) is 7.43. The van der Waals surface area contributed by atoms with E-state index in [0.717, 1.165) is 13.0 Å². The Hall–Kier alpha value is -0.590. The van der Waals surface area contributed by atoms with E-state index in [1.807, 2.05) is 0 Å². The molecule has 0 radical (unpaired) electrons. The van der Waals surface area contributed by atoms with Gasteiger partial charge in [0.05, 0.1) is 12.1 Å². The Morgan fingerprint density at radius 1 is 1.39 bits per heavy atom. The maximum atomic E-state index is 9.12. The summed E-state index contributed by atoms with van der Waals surface area (Å²) in [6.45, 7) is 8.23. The van der Waals surface area contributed by atoms with Crippen molar-refractivity contribution in [2.75, 3.05) is 19.6 Å². The van der Waals surface area contributed by atoms with Gasteiger partial charge in [0.15, 0.2) is 0 Å². The van der Waals surface area contributed by atoms with Gasteiger partial charge in [0.1, 0.15) is 0 Å². The van der Waals surface area contributed by atoms with E-state index < -0.39 is 0 Å². The standard InChI is InChI=1S/C15H27N3/c1-3-15(2)7-10-18(11-8-15)9-6-14(12-16)17-13-4-5-13/h13-14,17H,3-11H2,1-2H3. The third kappa shape index (κ3) is 3.96. The highest BCUT2D eigenvalue weighted by molar-refractivity contribution is 4.96. The Morgan fingerprint density at radius 2 is 2.06 bits per heavy atom. The predicted octanol–water partition coefficient (Wildman–Crippen LogP) is 2.53. The molecule has 3 heteroatoms. The molecule has 0 spiro atoms. The van der Waals surface area contributed by atoms with Gasteiger partial charge in [-0.25, -0.2) is 0 Å². The highest BCUT2D eigenvalue weighted by atomic mass is 15.1. The molecule has 0 bridgehead atoms. The van der Waals surface area contributed by atoms with E-state index in [-0.39, 0.29) is 6.04 Å². The van der Waals surface area contributed by atoms with Crippen molar-refractivity contribution in [3.05, 3.63) is 0 Å². The molecule has 1 aliphatic heterocycles. The molecule has 3 nitrogen and oxygen atoms in total. The lowest BCUT2D eigenvalue weighted by Crippen LogP contribution is -2.41. The molecular formula is C15H27N3. The van der Waals surface area contributed by atoms with Crippen LogP contribution >= 0.6 is 0 Å². The van der Waals surface area contributed by atoms with Gasteiger partial charge < -0.3 is 4.90 Å². The van der Waals surface area contributed by atoms with Gasteiger partial charge in [0.25, 0.3) is 0 Å². The molecule has 1 heterocycles. The summed E-state index contributed by atoms with van der Waals surface area (Å²) in [7, 11) is 0. The van der Waals surface area contributed by atoms with Crippen LogP contribution in [-0.2, 0) is 0 Å². The van der Waals surface area contributed by atoms with Crippen LogP contribution in [-0.4, -0.2) is 36.6 Å². The summed E-state index contributed by atoms with van der Waals surface area (Å²) in [5.74, 6) is 0. The molecule has 1 unspecified atom stereocenters. The number of likely N-dealkylation sites (tertiary alicyclic amines) is 1. The topological polar surface area (TPSA) is 39.1 Å². The maximum Gasteiger partial charge on any atom is 0.0967 e. The summed E-state index contributed by atoms with van der Waals surface area (Å²) in [5.41, 5.74) is 0.567. The number of rotatable bonds is 6. The van der Waals surface area contributed by atoms with Crippen molar-refractivity contribution in [3.63, 3.8) is 0 Å². The number of piperidine rings is 1. The predicted molar refractivity (Wildman–Crippen MR) is 74.2 cm³/mol. The van der Waals surface area contributed by atoms with Crippen molar-refractivity contribution in [2.45, 2.75) is 64.5 Å². The summed E-state index contributed by atoms with van der Waals surface area (Å²) in [5, 5.41) is 12.5. The SMILES string of the molecule is CCC1(C)CCN(CCC(C#N)NC2CC2)CC1. The lowest BCUT2D eigenvalue weighted by molar-refractivity contribution is 0.112. The molecule has 1 atom stereocenters. The lowest BCUT2D eigenvalue weighted by Gasteiger charge is -2.39. The third-order valence-electron chi connectivity index (χ3n) is 4.82. The van der Waals surface area contributed by atoms with Crippen molar-refractivity contribution >= 4 is 0 Å². The van der Waals surface area contributed by atoms with Crippen LogP contribution in [0.2, 0.25) is 0 Å². The molecule has 1 saturated carbocycles. The average Bonchev–Trinajstić information content (AvgIpc) is 3.20. The molecular weight excluding hydrogens is 222 g/mol. The smallest absolute Gasteiger partial charge is 0.0967 e. The molecule has 2 rings (SSSR count). The van der Waals surface area contributed by atoms with E-state index in [2.05, 4.69) is 30.1 Å². The fourth-order valence-corrected chi connectivity index (χ4v) is 2.70. The molecule has 0 amide bonds. The Kier molecular flexibility index (Phi) is 4.64. The molecule has 1 N–H and O–H groups in total. The minimum absolute atomic E-state index is 0.0667. The maximum absolute atomic E-state index is 9.12. The van der Waals surface area contributed by atoms with E-state index in [1.165, 1.54) is 45.2 Å². The Bertz CT molecular complexity index is 295. The number of nitrogens with zero attached hydrogens (tertiary/aromatic N) is 2. The van der Waals surface area contributed by atoms with Crippen LogP contribution < -0.4 is 5.32 Å². The van der Waals surface area contributed by atoms with E-state index in [9.17, 15) is 0 Å². The third-order valence-corrected chi connectivity index (χ3v) is 4.82. The summed E-state index contributed by atoms with van der Waals surface area (Å²) in [4.78, 5) is 2.54. The molecule has 0 aromatic carbocycles. The molecule has 102 valence electrons. The van der Waals surface area contributed by atoms with Gasteiger partial charge in [-0.2, -0.15) is 5.26 Å². The van der Waals surface area contributed by atoms with Crippen LogP contribution in [0, 0.1) is 16.7 Å². The monoisotopic (exact) mass is 249 g/mol. The van der Waals surface area contributed by atoms with Crippen molar-refractivity contribution in [1.82, 2.24) is 10.2 Å². The van der Waals surface area contributed by atoms with Crippen LogP contribution in [0.15, 0.2) is 0 Å². The van der Waals surface area contributed by atoms with Crippen LogP contribution in [0.4, 0.5) is 0 Å². The number of hydrogen-bond donors (Lipinski definition) is 1. The van der Waals surface area contributed by atoms with Crippen molar-refractivity contribution in [1.29, 1.82) is 5.26 Å². The first-order valence-corrected chi connectivity index (χ1v) is 7.53. The molecule has 2 aliphatic rings. The second kappa shape index (κ2) is 6.04. The molecule has 0 aromatic heterocycles. The Morgan fingerprint density at radius 3 is 2.56 bits per heavy atom. The highest BCUT2D eigenvalue weighted by Crippen LogP contribution is 2.33. The molecule has 0 aromatic rings. The van der Waals surface area contributed by atoms with Gasteiger partial charge in [-0.3, -0.25) is 5.32 Å². The lowest BCUT2D eigenvalue weighted by atomic mass is 9.78. The quantitative estimate of drug-likeness (QED) is 0.786. The minimum atomic E-state index is 0.0667.